The maximum absolute atomic E-state index is 12.3. The minimum atomic E-state index is -0.513. The third-order valence-electron chi connectivity index (χ3n) is 6.03. The molecule has 0 saturated heterocycles. The van der Waals surface area contributed by atoms with Crippen molar-refractivity contribution in [2.45, 2.75) is 71.0 Å². The normalized spacial score (nSPS) is 35.2. The topological polar surface area (TPSA) is 61.8 Å². The van der Waals surface area contributed by atoms with Gasteiger partial charge >= 0.3 is 11.9 Å². The molecule has 4 aliphatic rings. The summed E-state index contributed by atoms with van der Waals surface area (Å²) in [6.45, 7) is 11.3. The van der Waals surface area contributed by atoms with Crippen molar-refractivity contribution in [3.63, 3.8) is 0 Å². The molecule has 0 aromatic carbocycles. The Morgan fingerprint density at radius 2 is 1.73 bits per heavy atom. The Kier molecular flexibility index (Phi) is 5.22. The quantitative estimate of drug-likeness (QED) is 0.532. The van der Waals surface area contributed by atoms with Gasteiger partial charge in [-0.3, -0.25) is 0 Å². The van der Waals surface area contributed by atoms with Gasteiger partial charge in [0.2, 0.25) is 0 Å². The molecule has 3 unspecified atom stereocenters. The van der Waals surface area contributed by atoms with E-state index in [0.717, 1.165) is 12.8 Å². The first kappa shape index (κ1) is 19.4. The van der Waals surface area contributed by atoms with E-state index in [-0.39, 0.29) is 24.5 Å². The number of ether oxygens (including phenoxy) is 3. The van der Waals surface area contributed by atoms with E-state index in [1.165, 1.54) is 19.3 Å². The van der Waals surface area contributed by atoms with Gasteiger partial charge in [0.05, 0.1) is 6.61 Å². The smallest absolute Gasteiger partial charge is 0.333 e. The van der Waals surface area contributed by atoms with Crippen molar-refractivity contribution in [1.29, 1.82) is 0 Å². The molecule has 26 heavy (non-hydrogen) atoms. The van der Waals surface area contributed by atoms with Crippen molar-refractivity contribution in [3.8, 4) is 0 Å². The molecule has 0 aromatic rings. The molecule has 4 saturated carbocycles. The van der Waals surface area contributed by atoms with Gasteiger partial charge < -0.3 is 14.2 Å². The summed E-state index contributed by atoms with van der Waals surface area (Å²) in [5.74, 6) is 1.30. The highest BCUT2D eigenvalue weighted by molar-refractivity contribution is 5.87. The molecule has 5 heteroatoms. The van der Waals surface area contributed by atoms with Gasteiger partial charge in [-0.1, -0.05) is 6.58 Å². The molecular formula is C21H32O5. The van der Waals surface area contributed by atoms with Crippen LogP contribution in [-0.4, -0.2) is 36.4 Å². The molecule has 4 rings (SSSR count). The maximum atomic E-state index is 12.3. The summed E-state index contributed by atoms with van der Waals surface area (Å²) >= 11 is 0. The van der Waals surface area contributed by atoms with Crippen LogP contribution in [0.15, 0.2) is 12.2 Å². The van der Waals surface area contributed by atoms with Gasteiger partial charge in [0.15, 0.2) is 0 Å². The fourth-order valence-electron chi connectivity index (χ4n) is 5.43. The maximum Gasteiger partial charge on any atom is 0.333 e. The van der Waals surface area contributed by atoms with E-state index in [0.29, 0.717) is 29.9 Å². The molecule has 4 aliphatic carbocycles. The second-order valence-electron chi connectivity index (χ2n) is 9.55. The lowest BCUT2D eigenvalue weighted by atomic mass is 9.50. The summed E-state index contributed by atoms with van der Waals surface area (Å²) in [4.78, 5) is 24.2. The van der Waals surface area contributed by atoms with E-state index in [2.05, 4.69) is 6.58 Å². The van der Waals surface area contributed by atoms with Gasteiger partial charge in [0, 0.05) is 11.5 Å². The van der Waals surface area contributed by atoms with Crippen molar-refractivity contribution >= 4 is 11.9 Å². The molecule has 4 fully saturated rings. The fourth-order valence-corrected chi connectivity index (χ4v) is 5.43. The van der Waals surface area contributed by atoms with Gasteiger partial charge in [0.25, 0.3) is 0 Å². The number of hydrogen-bond donors (Lipinski definition) is 0. The first-order valence-corrected chi connectivity index (χ1v) is 9.76. The SMILES string of the molecule is C=C(C)C(=O)OC12CC3CC(CC(C3)C1COCC(=O)OC(C)(C)C)C2. The summed E-state index contributed by atoms with van der Waals surface area (Å²) in [7, 11) is 0. The lowest BCUT2D eigenvalue weighted by Crippen LogP contribution is -2.60. The number of carbonyl (C=O) groups excluding carboxylic acids is 2. The first-order valence-electron chi connectivity index (χ1n) is 9.76. The fraction of sp³-hybridized carbons (Fsp3) is 0.810. The highest BCUT2D eigenvalue weighted by atomic mass is 16.6. The van der Waals surface area contributed by atoms with E-state index in [1.807, 2.05) is 20.8 Å². The predicted octanol–water partition coefficient (Wildman–Crippen LogP) is 3.66. The summed E-state index contributed by atoms with van der Waals surface area (Å²) in [5, 5.41) is 0. The Labute approximate surface area is 156 Å². The van der Waals surface area contributed by atoms with Crippen LogP contribution in [0.5, 0.6) is 0 Å². The highest BCUT2D eigenvalue weighted by Crippen LogP contribution is 2.60. The Hall–Kier alpha value is -1.36. The molecule has 5 nitrogen and oxygen atoms in total. The molecule has 3 atom stereocenters. The zero-order valence-corrected chi connectivity index (χ0v) is 16.5. The molecule has 0 heterocycles. The average molecular weight is 364 g/mol. The second kappa shape index (κ2) is 6.99. The van der Waals surface area contributed by atoms with Crippen LogP contribution in [0, 0.1) is 23.7 Å². The Balaban J connectivity index is 1.65. The monoisotopic (exact) mass is 364 g/mol. The second-order valence-corrected chi connectivity index (χ2v) is 9.55. The molecule has 0 aliphatic heterocycles. The van der Waals surface area contributed by atoms with Gasteiger partial charge in [-0.05, 0) is 77.6 Å². The van der Waals surface area contributed by atoms with Crippen LogP contribution in [0.1, 0.15) is 59.8 Å². The lowest BCUT2D eigenvalue weighted by Gasteiger charge is -2.60. The standard InChI is InChI=1S/C21H32O5/c1-13(2)19(23)26-21-9-14-6-15(10-21)8-16(7-14)17(21)11-24-12-18(22)25-20(3,4)5/h14-17H,1,6-12H2,2-5H3. The Morgan fingerprint density at radius 1 is 1.12 bits per heavy atom. The van der Waals surface area contributed by atoms with Crippen molar-refractivity contribution in [2.75, 3.05) is 13.2 Å². The van der Waals surface area contributed by atoms with Gasteiger partial charge in [-0.15, -0.1) is 0 Å². The van der Waals surface area contributed by atoms with Gasteiger partial charge in [-0.2, -0.15) is 0 Å². The van der Waals surface area contributed by atoms with E-state index in [9.17, 15) is 9.59 Å². The summed E-state index contributed by atoms with van der Waals surface area (Å²) in [5.41, 5.74) is -0.519. The summed E-state index contributed by atoms with van der Waals surface area (Å²) in [6.07, 6.45) is 5.46. The van der Waals surface area contributed by atoms with E-state index in [1.54, 1.807) is 6.92 Å². The van der Waals surface area contributed by atoms with Gasteiger partial charge in [0.1, 0.15) is 17.8 Å². The van der Waals surface area contributed by atoms with Crippen LogP contribution < -0.4 is 0 Å². The lowest BCUT2D eigenvalue weighted by molar-refractivity contribution is -0.214. The molecule has 0 spiro atoms. The molecule has 0 aromatic heterocycles. The molecule has 0 amide bonds. The molecule has 146 valence electrons. The molecular weight excluding hydrogens is 332 g/mol. The summed E-state index contributed by atoms with van der Waals surface area (Å²) in [6, 6.07) is 0. The largest absolute Gasteiger partial charge is 0.458 e. The number of carbonyl (C=O) groups is 2. The number of rotatable bonds is 6. The van der Waals surface area contributed by atoms with Crippen LogP contribution in [0.4, 0.5) is 0 Å². The predicted molar refractivity (Wildman–Crippen MR) is 97.3 cm³/mol. The van der Waals surface area contributed by atoms with Crippen molar-refractivity contribution < 1.29 is 23.8 Å². The zero-order valence-electron chi connectivity index (χ0n) is 16.5. The van der Waals surface area contributed by atoms with Gasteiger partial charge in [-0.25, -0.2) is 9.59 Å². The van der Waals surface area contributed by atoms with Crippen LogP contribution in [0.25, 0.3) is 0 Å². The van der Waals surface area contributed by atoms with Crippen LogP contribution in [0.2, 0.25) is 0 Å². The minimum Gasteiger partial charge on any atom is -0.458 e. The highest BCUT2D eigenvalue weighted by Gasteiger charge is 2.59. The van der Waals surface area contributed by atoms with Crippen LogP contribution >= 0.6 is 0 Å². The minimum absolute atomic E-state index is 0.0577. The van der Waals surface area contributed by atoms with Crippen molar-refractivity contribution in [2.24, 2.45) is 23.7 Å². The Bertz CT molecular complexity index is 574. The van der Waals surface area contributed by atoms with E-state index < -0.39 is 11.2 Å². The van der Waals surface area contributed by atoms with E-state index in [4.69, 9.17) is 14.2 Å². The first-order chi connectivity index (χ1) is 12.1. The average Bonchev–Trinajstić information content (AvgIpc) is 2.47. The number of esters is 2. The summed E-state index contributed by atoms with van der Waals surface area (Å²) < 4.78 is 17.1. The molecule has 0 N–H and O–H groups in total. The van der Waals surface area contributed by atoms with Crippen LogP contribution in [-0.2, 0) is 23.8 Å². The van der Waals surface area contributed by atoms with E-state index >= 15 is 0 Å². The third kappa shape index (κ3) is 4.13. The van der Waals surface area contributed by atoms with Crippen molar-refractivity contribution in [3.05, 3.63) is 12.2 Å². The Morgan fingerprint density at radius 3 is 2.27 bits per heavy atom. The zero-order chi connectivity index (χ0) is 19.1. The third-order valence-corrected chi connectivity index (χ3v) is 6.03. The van der Waals surface area contributed by atoms with Crippen molar-refractivity contribution in [1.82, 2.24) is 0 Å². The molecule has 4 bridgehead atoms. The number of hydrogen-bond acceptors (Lipinski definition) is 5. The van der Waals surface area contributed by atoms with Crippen LogP contribution in [0.3, 0.4) is 0 Å². The molecule has 0 radical (unpaired) electrons.